The van der Waals surface area contributed by atoms with Gasteiger partial charge in [0, 0.05) is 18.7 Å². The normalized spacial score (nSPS) is 19.1. The predicted molar refractivity (Wildman–Crippen MR) is 68.3 cm³/mol. The molecule has 1 aromatic rings. The van der Waals surface area contributed by atoms with Crippen LogP contribution in [-0.4, -0.2) is 25.0 Å². The Labute approximate surface area is 107 Å². The van der Waals surface area contributed by atoms with Crippen molar-refractivity contribution in [2.24, 2.45) is 5.92 Å². The zero-order valence-corrected chi connectivity index (χ0v) is 10.7. The molecule has 96 valence electrons. The highest BCUT2D eigenvalue weighted by Crippen LogP contribution is 2.25. The highest BCUT2D eigenvalue weighted by molar-refractivity contribution is 5.99. The minimum atomic E-state index is -0.334. The Kier molecular flexibility index (Phi) is 3.65. The molecule has 4 heteroatoms. The molecule has 1 heterocycles. The quantitative estimate of drug-likeness (QED) is 0.766. The van der Waals surface area contributed by atoms with Gasteiger partial charge in [0.25, 0.3) is 0 Å². The number of rotatable bonds is 3. The Morgan fingerprint density at radius 1 is 1.39 bits per heavy atom. The Balaban J connectivity index is 2.10. The topological polar surface area (TPSA) is 46.6 Å². The number of hydrogen-bond acceptors (Lipinski definition) is 3. The van der Waals surface area contributed by atoms with Gasteiger partial charge in [0.05, 0.1) is 12.5 Å². The van der Waals surface area contributed by atoms with E-state index in [1.54, 1.807) is 11.8 Å². The lowest BCUT2D eigenvalue weighted by Crippen LogP contribution is -2.26. The molecular formula is C14H17NO3. The summed E-state index contributed by atoms with van der Waals surface area (Å²) in [4.78, 5) is 25.2. The molecule has 0 aliphatic carbocycles. The lowest BCUT2D eigenvalue weighted by Gasteiger charge is -2.16. The van der Waals surface area contributed by atoms with Crippen LogP contribution in [0, 0.1) is 12.8 Å². The highest BCUT2D eigenvalue weighted by Gasteiger charge is 2.35. The standard InChI is InChI=1S/C14H17NO3/c1-3-18-14(17)11-8-13(16)15(9-11)12-6-4-10(2)5-7-12/h4-7,11H,3,8-9H2,1-2H3/t11-/m1/s1. The molecule has 1 saturated heterocycles. The maximum atomic E-state index is 11.9. The maximum Gasteiger partial charge on any atom is 0.311 e. The second-order valence-corrected chi connectivity index (χ2v) is 4.49. The molecule has 0 aromatic heterocycles. The van der Waals surface area contributed by atoms with Crippen LogP contribution >= 0.6 is 0 Å². The van der Waals surface area contributed by atoms with Gasteiger partial charge in [-0.3, -0.25) is 9.59 Å². The molecule has 0 saturated carbocycles. The zero-order chi connectivity index (χ0) is 13.1. The van der Waals surface area contributed by atoms with E-state index < -0.39 is 0 Å². The second kappa shape index (κ2) is 5.21. The molecule has 0 bridgehead atoms. The molecule has 1 aromatic carbocycles. The number of carbonyl (C=O) groups excluding carboxylic acids is 2. The van der Waals surface area contributed by atoms with Gasteiger partial charge in [-0.05, 0) is 26.0 Å². The van der Waals surface area contributed by atoms with E-state index in [2.05, 4.69) is 0 Å². The summed E-state index contributed by atoms with van der Waals surface area (Å²) in [6.07, 6.45) is 0.243. The van der Waals surface area contributed by atoms with Crippen molar-refractivity contribution in [3.8, 4) is 0 Å². The number of amides is 1. The van der Waals surface area contributed by atoms with Crippen molar-refractivity contribution in [1.29, 1.82) is 0 Å². The second-order valence-electron chi connectivity index (χ2n) is 4.49. The SMILES string of the molecule is CCOC(=O)[C@@H]1CC(=O)N(c2ccc(C)cc2)C1. The summed E-state index contributed by atoms with van der Waals surface area (Å²) in [5, 5.41) is 0. The van der Waals surface area contributed by atoms with E-state index in [9.17, 15) is 9.59 Å². The van der Waals surface area contributed by atoms with Gasteiger partial charge in [-0.2, -0.15) is 0 Å². The lowest BCUT2D eigenvalue weighted by atomic mass is 10.1. The van der Waals surface area contributed by atoms with Crippen molar-refractivity contribution < 1.29 is 14.3 Å². The highest BCUT2D eigenvalue weighted by atomic mass is 16.5. The molecule has 0 unspecified atom stereocenters. The van der Waals surface area contributed by atoms with Gasteiger partial charge in [0.2, 0.25) is 5.91 Å². The lowest BCUT2D eigenvalue weighted by molar-refractivity contribution is -0.147. The van der Waals surface area contributed by atoms with Gasteiger partial charge in [0.1, 0.15) is 0 Å². The van der Waals surface area contributed by atoms with Gasteiger partial charge in [-0.15, -0.1) is 0 Å². The third kappa shape index (κ3) is 2.53. The number of nitrogens with zero attached hydrogens (tertiary/aromatic N) is 1. The Hall–Kier alpha value is -1.84. The van der Waals surface area contributed by atoms with Gasteiger partial charge < -0.3 is 9.64 Å². The van der Waals surface area contributed by atoms with E-state index >= 15 is 0 Å². The van der Waals surface area contributed by atoms with Crippen LogP contribution in [0.4, 0.5) is 5.69 Å². The van der Waals surface area contributed by atoms with Gasteiger partial charge in [-0.25, -0.2) is 0 Å². The molecule has 1 aliphatic heterocycles. The molecular weight excluding hydrogens is 230 g/mol. The van der Waals surface area contributed by atoms with E-state index in [4.69, 9.17) is 4.74 Å². The number of ether oxygens (including phenoxy) is 1. The zero-order valence-electron chi connectivity index (χ0n) is 10.7. The average Bonchev–Trinajstić information content (AvgIpc) is 2.73. The van der Waals surface area contributed by atoms with Crippen LogP contribution in [0.2, 0.25) is 0 Å². The first-order valence-corrected chi connectivity index (χ1v) is 6.15. The number of anilines is 1. The number of esters is 1. The van der Waals surface area contributed by atoms with Crippen molar-refractivity contribution in [3.63, 3.8) is 0 Å². The number of hydrogen-bond donors (Lipinski definition) is 0. The Bertz CT molecular complexity index is 453. The van der Waals surface area contributed by atoms with Gasteiger partial charge in [0.15, 0.2) is 0 Å². The van der Waals surface area contributed by atoms with Crippen LogP contribution in [0.5, 0.6) is 0 Å². The van der Waals surface area contributed by atoms with Crippen molar-refractivity contribution in [3.05, 3.63) is 29.8 Å². The van der Waals surface area contributed by atoms with Gasteiger partial charge in [-0.1, -0.05) is 17.7 Å². The summed E-state index contributed by atoms with van der Waals surface area (Å²) in [5.74, 6) is -0.629. The Morgan fingerprint density at radius 2 is 2.06 bits per heavy atom. The van der Waals surface area contributed by atoms with E-state index in [1.165, 1.54) is 0 Å². The third-order valence-corrected chi connectivity index (χ3v) is 3.09. The fourth-order valence-electron chi connectivity index (χ4n) is 2.10. The minimum absolute atomic E-state index is 0.0168. The molecule has 2 rings (SSSR count). The van der Waals surface area contributed by atoms with Crippen molar-refractivity contribution in [2.75, 3.05) is 18.1 Å². The van der Waals surface area contributed by atoms with Crippen LogP contribution in [0.25, 0.3) is 0 Å². The summed E-state index contributed by atoms with van der Waals surface area (Å²) in [5.41, 5.74) is 1.99. The average molecular weight is 247 g/mol. The predicted octanol–water partition coefficient (Wildman–Crippen LogP) is 1.91. The largest absolute Gasteiger partial charge is 0.466 e. The first-order valence-electron chi connectivity index (χ1n) is 6.15. The fourth-order valence-corrected chi connectivity index (χ4v) is 2.10. The van der Waals surface area contributed by atoms with Crippen molar-refractivity contribution >= 4 is 17.6 Å². The van der Waals surface area contributed by atoms with Crippen LogP contribution in [-0.2, 0) is 14.3 Å². The van der Waals surface area contributed by atoms with E-state index in [0.29, 0.717) is 13.2 Å². The smallest absolute Gasteiger partial charge is 0.311 e. The van der Waals surface area contributed by atoms with Crippen molar-refractivity contribution in [1.82, 2.24) is 0 Å². The van der Waals surface area contributed by atoms with E-state index in [1.807, 2.05) is 31.2 Å². The number of carbonyl (C=O) groups is 2. The molecule has 0 N–H and O–H groups in total. The van der Waals surface area contributed by atoms with Crippen LogP contribution in [0.15, 0.2) is 24.3 Å². The first-order chi connectivity index (χ1) is 8.61. The van der Waals surface area contributed by atoms with Crippen molar-refractivity contribution in [2.45, 2.75) is 20.3 Å². The van der Waals surface area contributed by atoms with E-state index in [0.717, 1.165) is 11.3 Å². The Morgan fingerprint density at radius 3 is 2.67 bits per heavy atom. The van der Waals surface area contributed by atoms with E-state index in [-0.39, 0.29) is 24.2 Å². The first kappa shape index (κ1) is 12.6. The molecule has 4 nitrogen and oxygen atoms in total. The number of benzene rings is 1. The molecule has 1 amide bonds. The summed E-state index contributed by atoms with van der Waals surface area (Å²) in [6.45, 7) is 4.54. The van der Waals surface area contributed by atoms with Gasteiger partial charge >= 0.3 is 5.97 Å². The molecule has 18 heavy (non-hydrogen) atoms. The monoisotopic (exact) mass is 247 g/mol. The summed E-state index contributed by atoms with van der Waals surface area (Å²) >= 11 is 0. The summed E-state index contributed by atoms with van der Waals surface area (Å²) in [7, 11) is 0. The third-order valence-electron chi connectivity index (χ3n) is 3.09. The molecule has 1 fully saturated rings. The van der Waals surface area contributed by atoms with Crippen LogP contribution < -0.4 is 4.90 Å². The number of aryl methyl sites for hydroxylation is 1. The fraction of sp³-hybridized carbons (Fsp3) is 0.429. The molecule has 1 atom stereocenters. The minimum Gasteiger partial charge on any atom is -0.466 e. The molecule has 0 radical (unpaired) electrons. The summed E-state index contributed by atoms with van der Waals surface area (Å²) < 4.78 is 4.96. The van der Waals surface area contributed by atoms with Crippen LogP contribution in [0.1, 0.15) is 18.9 Å². The molecule has 0 spiro atoms. The summed E-state index contributed by atoms with van der Waals surface area (Å²) in [6, 6.07) is 7.72. The maximum absolute atomic E-state index is 11.9. The van der Waals surface area contributed by atoms with Crippen LogP contribution in [0.3, 0.4) is 0 Å². The molecule has 1 aliphatic rings.